The zero-order chi connectivity index (χ0) is 19.4. The average molecular weight is 369 g/mol. The molecule has 27 heavy (non-hydrogen) atoms. The standard InChI is InChI=1S/C22H27NO4/c1-15-5-4-6-17(13-15)21(23-11-9-16(10-12-23)22(24)25)18-7-8-19(26-2)20(14-18)27-3/h4-8,13-14,16,21H,9-12H2,1-3H3,(H,24,25). The molecule has 1 atom stereocenters. The number of hydrogen-bond acceptors (Lipinski definition) is 4. The van der Waals surface area contributed by atoms with Crippen LogP contribution >= 0.6 is 0 Å². The zero-order valence-electron chi connectivity index (χ0n) is 16.1. The lowest BCUT2D eigenvalue weighted by molar-refractivity contribution is -0.143. The summed E-state index contributed by atoms with van der Waals surface area (Å²) >= 11 is 0. The fraction of sp³-hybridized carbons (Fsp3) is 0.409. The van der Waals surface area contributed by atoms with Crippen molar-refractivity contribution in [3.05, 3.63) is 59.2 Å². The van der Waals surface area contributed by atoms with E-state index in [-0.39, 0.29) is 12.0 Å². The Labute approximate surface area is 160 Å². The van der Waals surface area contributed by atoms with Gasteiger partial charge in [0.15, 0.2) is 11.5 Å². The van der Waals surface area contributed by atoms with Crippen molar-refractivity contribution in [2.45, 2.75) is 25.8 Å². The number of methoxy groups -OCH3 is 2. The van der Waals surface area contributed by atoms with Gasteiger partial charge in [-0.05, 0) is 56.1 Å². The molecule has 2 aromatic rings. The van der Waals surface area contributed by atoms with Gasteiger partial charge in [0, 0.05) is 0 Å². The molecule has 0 aliphatic carbocycles. The minimum Gasteiger partial charge on any atom is -0.493 e. The van der Waals surface area contributed by atoms with E-state index in [0.717, 1.165) is 18.7 Å². The number of rotatable bonds is 6. The third kappa shape index (κ3) is 4.25. The van der Waals surface area contributed by atoms with Crippen LogP contribution in [0, 0.1) is 12.8 Å². The Hall–Kier alpha value is -2.53. The number of hydrogen-bond donors (Lipinski definition) is 1. The molecular weight excluding hydrogens is 342 g/mol. The van der Waals surface area contributed by atoms with Gasteiger partial charge in [-0.15, -0.1) is 0 Å². The van der Waals surface area contributed by atoms with Crippen LogP contribution in [0.4, 0.5) is 0 Å². The molecule has 2 aromatic carbocycles. The maximum atomic E-state index is 11.3. The number of aliphatic carboxylic acids is 1. The van der Waals surface area contributed by atoms with E-state index in [0.29, 0.717) is 24.3 Å². The molecule has 0 spiro atoms. The number of piperidine rings is 1. The van der Waals surface area contributed by atoms with Gasteiger partial charge in [-0.3, -0.25) is 9.69 Å². The normalized spacial score (nSPS) is 16.7. The first-order chi connectivity index (χ1) is 13.0. The van der Waals surface area contributed by atoms with Crippen molar-refractivity contribution >= 4 is 5.97 Å². The van der Waals surface area contributed by atoms with E-state index in [2.05, 4.69) is 42.2 Å². The molecule has 0 aromatic heterocycles. The van der Waals surface area contributed by atoms with Crippen LogP contribution in [0.25, 0.3) is 0 Å². The van der Waals surface area contributed by atoms with Crippen LogP contribution < -0.4 is 9.47 Å². The second-order valence-corrected chi connectivity index (χ2v) is 7.08. The van der Waals surface area contributed by atoms with Crippen LogP contribution in [0.1, 0.15) is 35.6 Å². The Balaban J connectivity index is 1.97. The molecule has 5 nitrogen and oxygen atoms in total. The summed E-state index contributed by atoms with van der Waals surface area (Å²) in [6.45, 7) is 3.60. The Morgan fingerprint density at radius 3 is 2.30 bits per heavy atom. The number of benzene rings is 2. The molecule has 1 heterocycles. The minimum atomic E-state index is -0.687. The summed E-state index contributed by atoms with van der Waals surface area (Å²) in [4.78, 5) is 13.7. The Morgan fingerprint density at radius 2 is 1.70 bits per heavy atom. The van der Waals surface area contributed by atoms with Gasteiger partial charge < -0.3 is 14.6 Å². The summed E-state index contributed by atoms with van der Waals surface area (Å²) < 4.78 is 10.9. The Kier molecular flexibility index (Phi) is 6.01. The van der Waals surface area contributed by atoms with E-state index in [1.807, 2.05) is 12.1 Å². The number of likely N-dealkylation sites (tertiary alicyclic amines) is 1. The second-order valence-electron chi connectivity index (χ2n) is 7.08. The van der Waals surface area contributed by atoms with Crippen molar-refractivity contribution in [1.82, 2.24) is 4.90 Å². The highest BCUT2D eigenvalue weighted by Gasteiger charge is 2.30. The maximum Gasteiger partial charge on any atom is 0.306 e. The van der Waals surface area contributed by atoms with E-state index in [1.165, 1.54) is 11.1 Å². The topological polar surface area (TPSA) is 59.0 Å². The molecule has 1 aliphatic rings. The van der Waals surface area contributed by atoms with E-state index < -0.39 is 5.97 Å². The number of nitrogens with zero attached hydrogens (tertiary/aromatic N) is 1. The first-order valence-corrected chi connectivity index (χ1v) is 9.29. The summed E-state index contributed by atoms with van der Waals surface area (Å²) in [5.41, 5.74) is 3.53. The number of aryl methyl sites for hydroxylation is 1. The molecule has 1 N–H and O–H groups in total. The van der Waals surface area contributed by atoms with Gasteiger partial charge in [0.05, 0.1) is 26.2 Å². The lowest BCUT2D eigenvalue weighted by Gasteiger charge is -2.37. The molecule has 0 bridgehead atoms. The summed E-state index contributed by atoms with van der Waals surface area (Å²) in [5, 5.41) is 9.31. The second kappa shape index (κ2) is 8.44. The molecule has 0 saturated carbocycles. The molecule has 0 radical (unpaired) electrons. The largest absolute Gasteiger partial charge is 0.493 e. The van der Waals surface area contributed by atoms with E-state index >= 15 is 0 Å². The molecule has 0 amide bonds. The summed E-state index contributed by atoms with van der Waals surface area (Å²) in [6.07, 6.45) is 1.34. The van der Waals surface area contributed by atoms with E-state index in [4.69, 9.17) is 9.47 Å². The molecule has 1 unspecified atom stereocenters. The predicted octanol–water partition coefficient (Wildman–Crippen LogP) is 3.90. The van der Waals surface area contributed by atoms with E-state index in [9.17, 15) is 9.90 Å². The summed E-state index contributed by atoms with van der Waals surface area (Å²) in [6, 6.07) is 14.6. The van der Waals surface area contributed by atoms with Crippen LogP contribution in [0.3, 0.4) is 0 Å². The first kappa shape index (κ1) is 19.2. The first-order valence-electron chi connectivity index (χ1n) is 9.29. The van der Waals surface area contributed by atoms with Crippen molar-refractivity contribution in [3.8, 4) is 11.5 Å². The number of carbonyl (C=O) groups is 1. The average Bonchev–Trinajstić information content (AvgIpc) is 2.68. The highest BCUT2D eigenvalue weighted by atomic mass is 16.5. The molecule has 3 rings (SSSR count). The summed E-state index contributed by atoms with van der Waals surface area (Å²) in [5.74, 6) is 0.472. The maximum absolute atomic E-state index is 11.3. The third-order valence-electron chi connectivity index (χ3n) is 5.33. The molecule has 5 heteroatoms. The lowest BCUT2D eigenvalue weighted by Crippen LogP contribution is -2.39. The molecule has 1 aliphatic heterocycles. The smallest absolute Gasteiger partial charge is 0.306 e. The van der Waals surface area contributed by atoms with Crippen molar-refractivity contribution in [2.75, 3.05) is 27.3 Å². The van der Waals surface area contributed by atoms with E-state index in [1.54, 1.807) is 14.2 Å². The highest BCUT2D eigenvalue weighted by molar-refractivity contribution is 5.70. The third-order valence-corrected chi connectivity index (χ3v) is 5.33. The van der Waals surface area contributed by atoms with Gasteiger partial charge in [-0.1, -0.05) is 35.9 Å². The van der Waals surface area contributed by atoms with Gasteiger partial charge in [0.2, 0.25) is 0 Å². The highest BCUT2D eigenvalue weighted by Crippen LogP contribution is 2.37. The van der Waals surface area contributed by atoms with Crippen molar-refractivity contribution in [3.63, 3.8) is 0 Å². The van der Waals surface area contributed by atoms with Gasteiger partial charge >= 0.3 is 5.97 Å². The lowest BCUT2D eigenvalue weighted by atomic mass is 9.90. The Morgan fingerprint density at radius 1 is 1.04 bits per heavy atom. The quantitative estimate of drug-likeness (QED) is 0.837. The number of carboxylic acid groups (broad SMARTS) is 1. The minimum absolute atomic E-state index is 0.0550. The fourth-order valence-corrected chi connectivity index (χ4v) is 3.88. The van der Waals surface area contributed by atoms with Crippen molar-refractivity contribution in [1.29, 1.82) is 0 Å². The zero-order valence-corrected chi connectivity index (χ0v) is 16.1. The van der Waals surface area contributed by atoms with Crippen LogP contribution in [-0.2, 0) is 4.79 Å². The van der Waals surface area contributed by atoms with Gasteiger partial charge in [-0.25, -0.2) is 0 Å². The Bertz CT molecular complexity index is 797. The van der Waals surface area contributed by atoms with Crippen molar-refractivity contribution in [2.24, 2.45) is 5.92 Å². The number of carboxylic acids is 1. The van der Waals surface area contributed by atoms with Crippen LogP contribution in [0.5, 0.6) is 11.5 Å². The van der Waals surface area contributed by atoms with Crippen LogP contribution in [0.15, 0.2) is 42.5 Å². The van der Waals surface area contributed by atoms with Crippen molar-refractivity contribution < 1.29 is 19.4 Å². The SMILES string of the molecule is COc1ccc(C(c2cccc(C)c2)N2CCC(C(=O)O)CC2)cc1OC. The molecule has 1 fully saturated rings. The molecule has 144 valence electrons. The monoisotopic (exact) mass is 369 g/mol. The number of ether oxygens (including phenoxy) is 2. The summed E-state index contributed by atoms with van der Waals surface area (Å²) in [7, 11) is 3.27. The van der Waals surface area contributed by atoms with Gasteiger partial charge in [0.1, 0.15) is 0 Å². The van der Waals surface area contributed by atoms with Crippen LogP contribution in [0.2, 0.25) is 0 Å². The predicted molar refractivity (Wildman–Crippen MR) is 105 cm³/mol. The van der Waals surface area contributed by atoms with Gasteiger partial charge in [0.25, 0.3) is 0 Å². The van der Waals surface area contributed by atoms with Gasteiger partial charge in [-0.2, -0.15) is 0 Å². The molecular formula is C22H27NO4. The molecule has 1 saturated heterocycles. The van der Waals surface area contributed by atoms with Crippen LogP contribution in [-0.4, -0.2) is 43.3 Å². The fourth-order valence-electron chi connectivity index (χ4n) is 3.88.